The molecule has 2 N–H and O–H groups in total. The molecule has 1 saturated heterocycles. The fourth-order valence-electron chi connectivity index (χ4n) is 4.12. The SMILES string of the molecule is C[C@H](NC(=O)N1CCN(c2ccc(Cl)c(Cl)c2)CC1)C(=O)NC1CCCCCCC1. The molecule has 1 aliphatic heterocycles. The Kier molecular flexibility index (Phi) is 8.51. The highest BCUT2D eigenvalue weighted by Gasteiger charge is 2.25. The molecule has 0 spiro atoms. The van der Waals surface area contributed by atoms with Crippen LogP contribution in [0, 0.1) is 0 Å². The van der Waals surface area contributed by atoms with Gasteiger partial charge in [0.15, 0.2) is 0 Å². The monoisotopic (exact) mass is 454 g/mol. The number of benzene rings is 1. The van der Waals surface area contributed by atoms with Gasteiger partial charge in [0.2, 0.25) is 5.91 Å². The van der Waals surface area contributed by atoms with E-state index in [4.69, 9.17) is 23.2 Å². The van der Waals surface area contributed by atoms with E-state index in [0.717, 1.165) is 31.4 Å². The number of rotatable bonds is 4. The summed E-state index contributed by atoms with van der Waals surface area (Å²) in [6.45, 7) is 4.33. The second-order valence-electron chi connectivity index (χ2n) is 8.29. The van der Waals surface area contributed by atoms with Crippen LogP contribution in [0.2, 0.25) is 10.0 Å². The van der Waals surface area contributed by atoms with Crippen LogP contribution in [0.15, 0.2) is 18.2 Å². The molecule has 2 aliphatic rings. The van der Waals surface area contributed by atoms with Crippen molar-refractivity contribution in [2.24, 2.45) is 0 Å². The first-order valence-corrected chi connectivity index (χ1v) is 11.8. The summed E-state index contributed by atoms with van der Waals surface area (Å²) < 4.78 is 0. The van der Waals surface area contributed by atoms with Crippen LogP contribution in [0.25, 0.3) is 0 Å². The third-order valence-corrected chi connectivity index (χ3v) is 6.76. The predicted octanol–water partition coefficient (Wildman–Crippen LogP) is 4.44. The minimum atomic E-state index is -0.545. The van der Waals surface area contributed by atoms with Crippen molar-refractivity contribution in [1.29, 1.82) is 0 Å². The van der Waals surface area contributed by atoms with Gasteiger partial charge in [0, 0.05) is 37.9 Å². The minimum Gasteiger partial charge on any atom is -0.368 e. The second kappa shape index (κ2) is 11.1. The van der Waals surface area contributed by atoms with E-state index in [1.54, 1.807) is 17.9 Å². The molecule has 3 rings (SSSR count). The van der Waals surface area contributed by atoms with Gasteiger partial charge in [0.25, 0.3) is 0 Å². The molecule has 30 heavy (non-hydrogen) atoms. The number of piperazine rings is 1. The summed E-state index contributed by atoms with van der Waals surface area (Å²) in [5.74, 6) is -0.0941. The molecule has 1 aromatic carbocycles. The molecule has 3 amide bonds. The average molecular weight is 455 g/mol. The zero-order valence-corrected chi connectivity index (χ0v) is 19.1. The van der Waals surface area contributed by atoms with Gasteiger partial charge in [-0.1, -0.05) is 55.3 Å². The summed E-state index contributed by atoms with van der Waals surface area (Å²) in [5, 5.41) is 7.04. The van der Waals surface area contributed by atoms with E-state index >= 15 is 0 Å². The quantitative estimate of drug-likeness (QED) is 0.706. The molecule has 1 aromatic rings. The van der Waals surface area contributed by atoms with Crippen molar-refractivity contribution in [2.45, 2.75) is 64.0 Å². The van der Waals surface area contributed by atoms with Gasteiger partial charge in [0.05, 0.1) is 10.0 Å². The highest BCUT2D eigenvalue weighted by molar-refractivity contribution is 6.42. The zero-order valence-electron chi connectivity index (χ0n) is 17.6. The van der Waals surface area contributed by atoms with Crippen molar-refractivity contribution in [1.82, 2.24) is 15.5 Å². The summed E-state index contributed by atoms with van der Waals surface area (Å²) in [6.07, 6.45) is 8.17. The van der Waals surface area contributed by atoms with Crippen molar-refractivity contribution >= 4 is 40.8 Å². The number of anilines is 1. The number of hydrogen-bond donors (Lipinski definition) is 2. The predicted molar refractivity (Wildman–Crippen MR) is 122 cm³/mol. The highest BCUT2D eigenvalue weighted by atomic mass is 35.5. The van der Waals surface area contributed by atoms with Crippen molar-refractivity contribution in [3.8, 4) is 0 Å². The third-order valence-electron chi connectivity index (χ3n) is 6.02. The first-order chi connectivity index (χ1) is 14.4. The fraction of sp³-hybridized carbons (Fsp3) is 0.636. The lowest BCUT2D eigenvalue weighted by Gasteiger charge is -2.36. The maximum atomic E-state index is 12.6. The van der Waals surface area contributed by atoms with E-state index in [1.165, 1.54) is 19.3 Å². The number of carbonyl (C=O) groups excluding carboxylic acids is 2. The number of halogens is 2. The zero-order chi connectivity index (χ0) is 21.5. The fourth-order valence-corrected chi connectivity index (χ4v) is 4.41. The Morgan fingerprint density at radius 3 is 2.23 bits per heavy atom. The number of carbonyl (C=O) groups is 2. The van der Waals surface area contributed by atoms with Crippen molar-refractivity contribution in [2.75, 3.05) is 31.1 Å². The van der Waals surface area contributed by atoms with E-state index in [2.05, 4.69) is 15.5 Å². The van der Waals surface area contributed by atoms with Gasteiger partial charge < -0.3 is 20.4 Å². The summed E-state index contributed by atoms with van der Waals surface area (Å²) in [6, 6.07) is 5.06. The van der Waals surface area contributed by atoms with Gasteiger partial charge in [-0.25, -0.2) is 4.79 Å². The molecule has 0 bridgehead atoms. The molecule has 2 fully saturated rings. The topological polar surface area (TPSA) is 64.7 Å². The molecule has 1 heterocycles. The van der Waals surface area contributed by atoms with E-state index in [1.807, 2.05) is 12.1 Å². The van der Waals surface area contributed by atoms with Crippen molar-refractivity contribution in [3.05, 3.63) is 28.2 Å². The standard InChI is InChI=1S/C22H32Cl2N4O2/c1-16(21(29)26-17-7-5-3-2-4-6-8-17)25-22(30)28-13-11-27(12-14-28)18-9-10-19(23)20(24)15-18/h9-10,15-17H,2-8,11-14H2,1H3,(H,25,30)(H,26,29)/t16-/m0/s1. The maximum absolute atomic E-state index is 12.6. The second-order valence-corrected chi connectivity index (χ2v) is 9.11. The number of nitrogens with zero attached hydrogens (tertiary/aromatic N) is 2. The van der Waals surface area contributed by atoms with Crippen LogP contribution in [-0.2, 0) is 4.79 Å². The van der Waals surface area contributed by atoms with Crippen LogP contribution < -0.4 is 15.5 Å². The maximum Gasteiger partial charge on any atom is 0.318 e. The van der Waals surface area contributed by atoms with Gasteiger partial charge in [0.1, 0.15) is 6.04 Å². The Balaban J connectivity index is 1.44. The van der Waals surface area contributed by atoms with Crippen LogP contribution in [0.5, 0.6) is 0 Å². The van der Waals surface area contributed by atoms with E-state index in [9.17, 15) is 9.59 Å². The lowest BCUT2D eigenvalue weighted by Crippen LogP contribution is -2.56. The first kappa shape index (κ1) is 23.0. The van der Waals surface area contributed by atoms with E-state index in [0.29, 0.717) is 36.2 Å². The normalized spacial score (nSPS) is 19.6. The molecule has 0 aromatic heterocycles. The molecule has 6 nitrogen and oxygen atoms in total. The molecular weight excluding hydrogens is 423 g/mol. The van der Waals surface area contributed by atoms with Gasteiger partial charge in [-0.3, -0.25) is 4.79 Å². The van der Waals surface area contributed by atoms with Crippen LogP contribution in [0.4, 0.5) is 10.5 Å². The van der Waals surface area contributed by atoms with E-state index < -0.39 is 6.04 Å². The molecule has 1 atom stereocenters. The Bertz CT molecular complexity index is 730. The molecule has 166 valence electrons. The largest absolute Gasteiger partial charge is 0.368 e. The van der Waals surface area contributed by atoms with Crippen LogP contribution in [0.3, 0.4) is 0 Å². The third kappa shape index (κ3) is 6.42. The van der Waals surface area contributed by atoms with Crippen LogP contribution in [0.1, 0.15) is 51.9 Å². The lowest BCUT2D eigenvalue weighted by atomic mass is 9.96. The number of hydrogen-bond acceptors (Lipinski definition) is 3. The average Bonchev–Trinajstić information content (AvgIpc) is 2.72. The molecule has 1 aliphatic carbocycles. The van der Waals surface area contributed by atoms with Gasteiger partial charge in [-0.05, 0) is 38.0 Å². The summed E-state index contributed by atoms with van der Waals surface area (Å²) >= 11 is 12.1. The molecule has 8 heteroatoms. The number of urea groups is 1. The number of amides is 3. The number of nitrogens with one attached hydrogen (secondary N) is 2. The Hall–Kier alpha value is -1.66. The minimum absolute atomic E-state index is 0.0941. The van der Waals surface area contributed by atoms with Crippen LogP contribution >= 0.6 is 23.2 Å². The van der Waals surface area contributed by atoms with E-state index in [-0.39, 0.29) is 18.0 Å². The van der Waals surface area contributed by atoms with Gasteiger partial charge in [-0.15, -0.1) is 0 Å². The summed E-state index contributed by atoms with van der Waals surface area (Å²) in [7, 11) is 0. The van der Waals surface area contributed by atoms with Crippen molar-refractivity contribution < 1.29 is 9.59 Å². The molecule has 0 radical (unpaired) electrons. The molecule has 1 saturated carbocycles. The Morgan fingerprint density at radius 2 is 1.60 bits per heavy atom. The Morgan fingerprint density at radius 1 is 0.967 bits per heavy atom. The first-order valence-electron chi connectivity index (χ1n) is 11.0. The lowest BCUT2D eigenvalue weighted by molar-refractivity contribution is -0.123. The summed E-state index contributed by atoms with van der Waals surface area (Å²) in [5.41, 5.74) is 0.997. The molecule has 0 unspecified atom stereocenters. The Labute approximate surface area is 189 Å². The van der Waals surface area contributed by atoms with Crippen molar-refractivity contribution in [3.63, 3.8) is 0 Å². The highest BCUT2D eigenvalue weighted by Crippen LogP contribution is 2.27. The van der Waals surface area contributed by atoms with Gasteiger partial charge >= 0.3 is 6.03 Å². The van der Waals surface area contributed by atoms with Crippen LogP contribution in [-0.4, -0.2) is 55.1 Å². The summed E-state index contributed by atoms with van der Waals surface area (Å²) in [4.78, 5) is 29.1. The van der Waals surface area contributed by atoms with Gasteiger partial charge in [-0.2, -0.15) is 0 Å². The molecular formula is C22H32Cl2N4O2. The smallest absolute Gasteiger partial charge is 0.318 e.